The number of hydrogen-bond donors (Lipinski definition) is 2. The molecule has 0 unspecified atom stereocenters. The van der Waals surface area contributed by atoms with Crippen LogP contribution in [0.25, 0.3) is 44.4 Å². The Kier molecular flexibility index (Phi) is 12.5. The highest BCUT2D eigenvalue weighted by atomic mass is 16.5. The molecule has 5 heterocycles. The van der Waals surface area contributed by atoms with Crippen LogP contribution in [0.2, 0.25) is 0 Å². The molecule has 0 radical (unpaired) electrons. The lowest BCUT2D eigenvalue weighted by atomic mass is 10.00. The molecule has 2 N–H and O–H groups in total. The lowest BCUT2D eigenvalue weighted by Crippen LogP contribution is -2.02. The molecule has 282 valence electrons. The molecular weight excluding hydrogens is 688 g/mol. The number of rotatable bonds is 12. The monoisotopic (exact) mass is 734 g/mol. The fraction of sp³-hybridized carbons (Fsp3) is 0.333. The largest absolute Gasteiger partial charge is 0.469 e. The van der Waals surface area contributed by atoms with Crippen molar-refractivity contribution in [1.82, 2.24) is 19.9 Å². The van der Waals surface area contributed by atoms with E-state index < -0.39 is 11.9 Å². The summed E-state index contributed by atoms with van der Waals surface area (Å²) >= 11 is 0. The lowest BCUT2D eigenvalue weighted by molar-refractivity contribution is -0.141. The molecule has 2 aliphatic heterocycles. The van der Waals surface area contributed by atoms with Gasteiger partial charge < -0.3 is 28.9 Å². The van der Waals surface area contributed by atoms with Crippen molar-refractivity contribution in [3.8, 4) is 0 Å². The van der Waals surface area contributed by atoms with E-state index in [9.17, 15) is 19.2 Å². The number of H-pyrrole nitrogens is 2. The van der Waals surface area contributed by atoms with Gasteiger partial charge in [-0.1, -0.05) is 12.2 Å². The number of aromatic nitrogens is 4. The Morgan fingerprint density at radius 1 is 0.556 bits per heavy atom. The topological polar surface area (TPSA) is 163 Å². The lowest BCUT2D eigenvalue weighted by Gasteiger charge is -2.03. The molecule has 0 fully saturated rings. The van der Waals surface area contributed by atoms with E-state index in [1.54, 1.807) is 12.2 Å². The van der Waals surface area contributed by atoms with Crippen LogP contribution in [0.1, 0.15) is 84.6 Å². The minimum atomic E-state index is -0.455. The zero-order valence-corrected chi connectivity index (χ0v) is 32.0. The number of carbonyl (C=O) groups excluding carboxylic acids is 4. The summed E-state index contributed by atoms with van der Waals surface area (Å²) < 4.78 is 19.6. The summed E-state index contributed by atoms with van der Waals surface area (Å²) in [5, 5.41) is 0. The molecule has 54 heavy (non-hydrogen) atoms. The highest BCUT2D eigenvalue weighted by Gasteiger charge is 2.22. The minimum Gasteiger partial charge on any atom is -0.469 e. The van der Waals surface area contributed by atoms with Crippen molar-refractivity contribution in [2.45, 2.75) is 66.2 Å². The van der Waals surface area contributed by atoms with Crippen LogP contribution in [0.3, 0.4) is 0 Å². The summed E-state index contributed by atoms with van der Waals surface area (Å²) in [4.78, 5) is 65.9. The molecule has 2 aliphatic rings. The Balaban J connectivity index is 1.87. The maximum Gasteiger partial charge on any atom is 0.330 e. The van der Waals surface area contributed by atoms with Gasteiger partial charge in [0, 0.05) is 47.1 Å². The highest BCUT2D eigenvalue weighted by Crippen LogP contribution is 2.37. The summed E-state index contributed by atoms with van der Waals surface area (Å²) in [6.45, 7) is 8.01. The Labute approximate surface area is 314 Å². The Morgan fingerprint density at radius 2 is 0.963 bits per heavy atom. The Bertz CT molecular complexity index is 2300. The molecule has 0 aromatic carbocycles. The van der Waals surface area contributed by atoms with Gasteiger partial charge in [-0.15, -0.1) is 0 Å². The molecule has 0 aliphatic carbocycles. The number of ether oxygens (including phenoxy) is 4. The van der Waals surface area contributed by atoms with Gasteiger partial charge in [0.1, 0.15) is 0 Å². The van der Waals surface area contributed by atoms with E-state index in [-0.39, 0.29) is 24.8 Å². The maximum absolute atomic E-state index is 12.3. The van der Waals surface area contributed by atoms with Crippen LogP contribution in [0.5, 0.6) is 0 Å². The fourth-order valence-electron chi connectivity index (χ4n) is 6.72. The first-order valence-corrected chi connectivity index (χ1v) is 17.7. The quantitative estimate of drug-likeness (QED) is 0.110. The molecule has 0 amide bonds. The second-order valence-electron chi connectivity index (χ2n) is 13.1. The van der Waals surface area contributed by atoms with Crippen LogP contribution in [0.4, 0.5) is 0 Å². The average Bonchev–Trinajstić information content (AvgIpc) is 3.82. The Hall–Kier alpha value is -6.04. The molecule has 3 aromatic heterocycles. The van der Waals surface area contributed by atoms with Gasteiger partial charge in [-0.2, -0.15) is 0 Å². The fourth-order valence-corrected chi connectivity index (χ4v) is 6.72. The van der Waals surface area contributed by atoms with Crippen LogP contribution in [0.15, 0.2) is 48.6 Å². The molecule has 0 saturated heterocycles. The summed E-state index contributed by atoms with van der Waals surface area (Å²) in [5.41, 5.74) is 13.6. The van der Waals surface area contributed by atoms with Gasteiger partial charge in [0.05, 0.1) is 51.2 Å². The number of aromatic amines is 2. The number of fused-ring (bicyclic) bond motifs is 8. The summed E-state index contributed by atoms with van der Waals surface area (Å²) in [6, 6.07) is 7.95. The number of nitrogens with zero attached hydrogens (tertiary/aromatic N) is 2. The average molecular weight is 735 g/mol. The third kappa shape index (κ3) is 8.60. The van der Waals surface area contributed by atoms with Crippen molar-refractivity contribution in [1.29, 1.82) is 0 Å². The first-order valence-electron chi connectivity index (χ1n) is 17.7. The van der Waals surface area contributed by atoms with Crippen molar-refractivity contribution in [3.63, 3.8) is 0 Å². The van der Waals surface area contributed by atoms with Crippen LogP contribution in [0, 0.1) is 13.8 Å². The van der Waals surface area contributed by atoms with Crippen molar-refractivity contribution in [3.05, 3.63) is 93.6 Å². The number of allylic oxidation sites excluding steroid dienone is 6. The SMILES string of the molecule is COC(=O)/C=C/CC1=C(C)c2cc3[nH]c(cc4[nH]c(cc5nc(cc1n2)C(C)=C5C/C=C/C(=O)OC)c(C)c4CCC(=O)OC)c(CCC(=O)OC)c3C. The smallest absolute Gasteiger partial charge is 0.330 e. The molecule has 3 aromatic rings. The van der Waals surface area contributed by atoms with Crippen molar-refractivity contribution >= 4 is 68.2 Å². The first kappa shape index (κ1) is 39.2. The second-order valence-corrected chi connectivity index (χ2v) is 13.1. The molecule has 12 nitrogen and oxygen atoms in total. The number of aryl methyl sites for hydroxylation is 4. The number of nitrogens with one attached hydrogen (secondary N) is 2. The van der Waals surface area contributed by atoms with Gasteiger partial charge >= 0.3 is 23.9 Å². The maximum atomic E-state index is 12.3. The van der Waals surface area contributed by atoms with Gasteiger partial charge in [0.25, 0.3) is 0 Å². The molecule has 0 atom stereocenters. The molecule has 12 heteroatoms. The molecule has 0 spiro atoms. The minimum absolute atomic E-state index is 0.186. The third-order valence-corrected chi connectivity index (χ3v) is 9.97. The Morgan fingerprint density at radius 3 is 1.39 bits per heavy atom. The van der Waals surface area contributed by atoms with Gasteiger partial charge in [-0.3, -0.25) is 9.59 Å². The van der Waals surface area contributed by atoms with E-state index >= 15 is 0 Å². The summed E-state index contributed by atoms with van der Waals surface area (Å²) in [7, 11) is 5.42. The van der Waals surface area contributed by atoms with Crippen LogP contribution in [-0.2, 0) is 51.0 Å². The zero-order chi connectivity index (χ0) is 39.1. The van der Waals surface area contributed by atoms with Crippen molar-refractivity contribution < 1.29 is 38.1 Å². The van der Waals surface area contributed by atoms with Crippen molar-refractivity contribution in [2.24, 2.45) is 0 Å². The van der Waals surface area contributed by atoms with Crippen LogP contribution in [-0.4, -0.2) is 72.3 Å². The number of carbonyl (C=O) groups is 4. The number of methoxy groups -OCH3 is 4. The number of esters is 4. The molecule has 8 bridgehead atoms. The van der Waals surface area contributed by atoms with E-state index in [1.807, 2.05) is 52.0 Å². The summed E-state index contributed by atoms with van der Waals surface area (Å²) in [6.07, 6.45) is 8.38. The zero-order valence-electron chi connectivity index (χ0n) is 32.0. The van der Waals surface area contributed by atoms with Crippen LogP contribution >= 0.6 is 0 Å². The number of hydrogen-bond acceptors (Lipinski definition) is 10. The van der Waals surface area contributed by atoms with Crippen LogP contribution < -0.4 is 0 Å². The third-order valence-electron chi connectivity index (χ3n) is 9.97. The van der Waals surface area contributed by atoms with Gasteiger partial charge in [0.15, 0.2) is 0 Å². The highest BCUT2D eigenvalue weighted by molar-refractivity contribution is 5.96. The van der Waals surface area contributed by atoms with E-state index in [0.717, 1.165) is 72.3 Å². The molecule has 0 saturated carbocycles. The van der Waals surface area contributed by atoms with E-state index in [1.165, 1.54) is 40.6 Å². The standard InChI is InChI=1S/C42H46N4O8/c1-23-27(11-9-13-39(47)51-5)35-20-33-24(2)28(12-10-14-40(48)52-6)36(45-33)21-34-26(4)30(16-18-42(50)54-8)38(46-34)22-37-29(15-17-41(49)53-7)25(3)32(44-37)19-31(23)43-35/h9-10,13-14,19-22,44,46H,11-12,15-18H2,1-8H3/b13-9+,14-10+,31-19?,32-19?,33-20?,34-21?,35-20?,36-21?,37-22?,38-22?. The molecule has 5 rings (SSSR count). The van der Waals surface area contributed by atoms with Gasteiger partial charge in [-0.05, 0) is 122 Å². The predicted octanol–water partition coefficient (Wildman–Crippen LogP) is 7.24. The first-order chi connectivity index (χ1) is 25.9. The van der Waals surface area contributed by atoms with Gasteiger partial charge in [0.2, 0.25) is 0 Å². The second kappa shape index (κ2) is 17.2. The van der Waals surface area contributed by atoms with E-state index in [4.69, 9.17) is 28.9 Å². The molecular formula is C42H46N4O8. The van der Waals surface area contributed by atoms with E-state index in [2.05, 4.69) is 9.97 Å². The predicted molar refractivity (Wildman–Crippen MR) is 208 cm³/mol. The normalized spacial score (nSPS) is 12.9. The summed E-state index contributed by atoms with van der Waals surface area (Å²) in [5.74, 6) is -1.54. The van der Waals surface area contributed by atoms with Crippen molar-refractivity contribution in [2.75, 3.05) is 28.4 Å². The van der Waals surface area contributed by atoms with E-state index in [0.29, 0.717) is 42.8 Å². The van der Waals surface area contributed by atoms with Gasteiger partial charge in [-0.25, -0.2) is 19.6 Å².